The van der Waals surface area contributed by atoms with Crippen molar-refractivity contribution in [3.8, 4) is 0 Å². The molecule has 0 bridgehead atoms. The van der Waals surface area contributed by atoms with Crippen molar-refractivity contribution in [3.05, 3.63) is 18.3 Å². The highest BCUT2D eigenvalue weighted by Crippen LogP contribution is 2.32. The van der Waals surface area contributed by atoms with Gasteiger partial charge >= 0.3 is 0 Å². The molecule has 0 spiro atoms. The first-order valence-corrected chi connectivity index (χ1v) is 9.09. The topological polar surface area (TPSA) is 76.3 Å². The van der Waals surface area contributed by atoms with E-state index in [2.05, 4.69) is 11.9 Å². The monoisotopic (exact) mass is 311 g/mol. The Labute approximate surface area is 127 Å². The number of hydrogen-bond acceptors (Lipinski definition) is 4. The lowest BCUT2D eigenvalue weighted by molar-refractivity contribution is 0.228. The lowest BCUT2D eigenvalue weighted by Gasteiger charge is -2.33. The molecule has 1 aromatic heterocycles. The van der Waals surface area contributed by atoms with E-state index in [1.807, 2.05) is 0 Å². The zero-order valence-corrected chi connectivity index (χ0v) is 13.6. The van der Waals surface area contributed by atoms with Crippen LogP contribution in [-0.2, 0) is 10.0 Å². The van der Waals surface area contributed by atoms with Gasteiger partial charge in [0.25, 0.3) is 10.0 Å². The van der Waals surface area contributed by atoms with Crippen molar-refractivity contribution >= 4 is 15.7 Å². The van der Waals surface area contributed by atoms with Gasteiger partial charge in [0.2, 0.25) is 0 Å². The average molecular weight is 311 g/mol. The van der Waals surface area contributed by atoms with Crippen LogP contribution in [0.3, 0.4) is 0 Å². The van der Waals surface area contributed by atoms with Gasteiger partial charge in [0, 0.05) is 19.3 Å². The second-order valence-electron chi connectivity index (χ2n) is 5.88. The minimum Gasteiger partial charge on any atom is -0.396 e. The second-order valence-corrected chi connectivity index (χ2v) is 7.80. The largest absolute Gasteiger partial charge is 0.396 e. The number of pyridine rings is 1. The van der Waals surface area contributed by atoms with Crippen molar-refractivity contribution in [2.24, 2.45) is 5.92 Å². The molecular weight excluding hydrogens is 286 g/mol. The normalized spacial score (nSPS) is 23.4. The van der Waals surface area contributed by atoms with Crippen LogP contribution in [0.5, 0.6) is 0 Å². The van der Waals surface area contributed by atoms with Crippen molar-refractivity contribution < 1.29 is 8.42 Å². The van der Waals surface area contributed by atoms with E-state index in [1.54, 1.807) is 19.2 Å². The van der Waals surface area contributed by atoms with E-state index in [9.17, 15) is 8.42 Å². The van der Waals surface area contributed by atoms with Crippen LogP contribution in [0, 0.1) is 5.92 Å². The molecule has 1 heterocycles. The maximum Gasteiger partial charge on any atom is 0.262 e. The molecule has 0 amide bonds. The van der Waals surface area contributed by atoms with Crippen molar-refractivity contribution in [2.45, 2.75) is 56.5 Å². The number of anilines is 1. The molecule has 118 valence electrons. The number of nitrogens with two attached hydrogens (primary N) is 1. The van der Waals surface area contributed by atoms with Gasteiger partial charge in [0.05, 0.1) is 5.69 Å². The summed E-state index contributed by atoms with van der Waals surface area (Å²) in [6.45, 7) is 2.20. The Balaban J connectivity index is 2.10. The number of sulfonamides is 1. The van der Waals surface area contributed by atoms with Crippen molar-refractivity contribution in [1.29, 1.82) is 0 Å². The van der Waals surface area contributed by atoms with Crippen molar-refractivity contribution in [2.75, 3.05) is 12.8 Å². The van der Waals surface area contributed by atoms with E-state index < -0.39 is 10.0 Å². The molecule has 0 atom stereocenters. The summed E-state index contributed by atoms with van der Waals surface area (Å²) in [5, 5.41) is -0.0248. The van der Waals surface area contributed by atoms with Gasteiger partial charge in [-0.05, 0) is 43.7 Å². The first-order chi connectivity index (χ1) is 9.96. The van der Waals surface area contributed by atoms with Gasteiger partial charge in [-0.3, -0.25) is 0 Å². The number of rotatable bonds is 5. The Kier molecular flexibility index (Phi) is 5.22. The quantitative estimate of drug-likeness (QED) is 0.907. The molecule has 0 radical (unpaired) electrons. The Morgan fingerprint density at radius 2 is 2.00 bits per heavy atom. The summed E-state index contributed by atoms with van der Waals surface area (Å²) < 4.78 is 26.8. The minimum atomic E-state index is -3.60. The Morgan fingerprint density at radius 1 is 1.33 bits per heavy atom. The van der Waals surface area contributed by atoms with Gasteiger partial charge in [-0.2, -0.15) is 4.31 Å². The summed E-state index contributed by atoms with van der Waals surface area (Å²) >= 11 is 0. The van der Waals surface area contributed by atoms with Gasteiger partial charge in [0.1, 0.15) is 0 Å². The van der Waals surface area contributed by atoms with Crippen molar-refractivity contribution in [3.63, 3.8) is 0 Å². The molecule has 0 aliphatic heterocycles. The van der Waals surface area contributed by atoms with E-state index in [0.29, 0.717) is 0 Å². The van der Waals surface area contributed by atoms with E-state index in [1.165, 1.54) is 23.3 Å². The fraction of sp³-hybridized carbons (Fsp3) is 0.667. The summed E-state index contributed by atoms with van der Waals surface area (Å²) in [6, 6.07) is 3.28. The summed E-state index contributed by atoms with van der Waals surface area (Å²) in [7, 11) is -1.95. The van der Waals surface area contributed by atoms with Crippen LogP contribution < -0.4 is 5.73 Å². The molecular formula is C15H25N3O2S. The highest BCUT2D eigenvalue weighted by Gasteiger charge is 2.33. The standard InChI is InChI=1S/C15H25N3O2S/c1-3-5-12-7-9-13(10-8-12)18(2)21(19,20)15-14(16)6-4-11-17-15/h4,6,11-13H,3,5,7-10,16H2,1-2H3. The van der Waals surface area contributed by atoms with Gasteiger partial charge in [-0.15, -0.1) is 0 Å². The lowest BCUT2D eigenvalue weighted by Crippen LogP contribution is -2.40. The highest BCUT2D eigenvalue weighted by atomic mass is 32.2. The zero-order chi connectivity index (χ0) is 15.5. The smallest absolute Gasteiger partial charge is 0.262 e. The Morgan fingerprint density at radius 3 is 2.57 bits per heavy atom. The Hall–Kier alpha value is -1.14. The molecule has 1 aliphatic carbocycles. The van der Waals surface area contributed by atoms with E-state index in [0.717, 1.165) is 31.6 Å². The average Bonchev–Trinajstić information content (AvgIpc) is 2.48. The first-order valence-electron chi connectivity index (χ1n) is 7.65. The van der Waals surface area contributed by atoms with Crippen LogP contribution in [-0.4, -0.2) is 30.8 Å². The zero-order valence-electron chi connectivity index (χ0n) is 12.8. The molecule has 0 unspecified atom stereocenters. The second kappa shape index (κ2) is 6.75. The van der Waals surface area contributed by atoms with Crippen LogP contribution >= 0.6 is 0 Å². The van der Waals surface area contributed by atoms with Gasteiger partial charge < -0.3 is 5.73 Å². The van der Waals surface area contributed by atoms with Gasteiger partial charge in [-0.1, -0.05) is 19.8 Å². The molecule has 0 saturated heterocycles. The molecule has 1 aliphatic rings. The molecule has 5 nitrogen and oxygen atoms in total. The third-order valence-corrected chi connectivity index (χ3v) is 6.34. The van der Waals surface area contributed by atoms with Crippen LogP contribution in [0.25, 0.3) is 0 Å². The molecule has 21 heavy (non-hydrogen) atoms. The number of nitrogen functional groups attached to an aromatic ring is 1. The third kappa shape index (κ3) is 3.55. The lowest BCUT2D eigenvalue weighted by atomic mass is 9.83. The summed E-state index contributed by atoms with van der Waals surface area (Å²) in [4.78, 5) is 3.96. The minimum absolute atomic E-state index is 0.0248. The van der Waals surface area contributed by atoms with E-state index in [-0.39, 0.29) is 16.8 Å². The molecule has 2 N–H and O–H groups in total. The van der Waals surface area contributed by atoms with Crippen LogP contribution in [0.1, 0.15) is 45.4 Å². The maximum absolute atomic E-state index is 12.6. The number of hydrogen-bond donors (Lipinski definition) is 1. The fourth-order valence-corrected chi connectivity index (χ4v) is 4.59. The molecule has 2 rings (SSSR count). The van der Waals surface area contributed by atoms with Crippen LogP contribution in [0.15, 0.2) is 23.4 Å². The summed E-state index contributed by atoms with van der Waals surface area (Å²) in [5.41, 5.74) is 5.98. The van der Waals surface area contributed by atoms with Crippen LogP contribution in [0.2, 0.25) is 0 Å². The molecule has 1 fully saturated rings. The predicted octanol–water partition coefficient (Wildman–Crippen LogP) is 2.64. The fourth-order valence-electron chi connectivity index (χ4n) is 3.16. The molecule has 1 saturated carbocycles. The SMILES string of the molecule is CCCC1CCC(N(C)S(=O)(=O)c2ncccc2N)CC1. The van der Waals surface area contributed by atoms with Gasteiger partial charge in [0.15, 0.2) is 5.03 Å². The molecule has 1 aromatic rings. The highest BCUT2D eigenvalue weighted by molar-refractivity contribution is 7.89. The predicted molar refractivity (Wildman–Crippen MR) is 84.3 cm³/mol. The van der Waals surface area contributed by atoms with E-state index in [4.69, 9.17) is 5.73 Å². The summed E-state index contributed by atoms with van der Waals surface area (Å²) in [6.07, 6.45) is 7.98. The third-order valence-electron chi connectivity index (χ3n) is 4.45. The van der Waals surface area contributed by atoms with E-state index >= 15 is 0 Å². The molecule has 0 aromatic carbocycles. The Bertz CT molecular complexity index is 566. The maximum atomic E-state index is 12.6. The molecule has 6 heteroatoms. The first kappa shape index (κ1) is 16.2. The van der Waals surface area contributed by atoms with Gasteiger partial charge in [-0.25, -0.2) is 13.4 Å². The number of nitrogens with zero attached hydrogens (tertiary/aromatic N) is 2. The number of aromatic nitrogens is 1. The summed E-state index contributed by atoms with van der Waals surface area (Å²) in [5.74, 6) is 0.752. The van der Waals surface area contributed by atoms with Crippen LogP contribution in [0.4, 0.5) is 5.69 Å². The van der Waals surface area contributed by atoms with Crippen molar-refractivity contribution in [1.82, 2.24) is 9.29 Å².